The van der Waals surface area contributed by atoms with E-state index in [0.717, 1.165) is 44.3 Å². The third-order valence-electron chi connectivity index (χ3n) is 4.87. The summed E-state index contributed by atoms with van der Waals surface area (Å²) in [7, 11) is 0. The lowest BCUT2D eigenvalue weighted by Gasteiger charge is -2.24. The second-order valence-corrected chi connectivity index (χ2v) is 6.12. The van der Waals surface area contributed by atoms with Crippen molar-refractivity contribution in [2.24, 2.45) is 5.41 Å². The van der Waals surface area contributed by atoms with Crippen LogP contribution < -0.4 is 5.32 Å². The van der Waals surface area contributed by atoms with E-state index >= 15 is 0 Å². The second-order valence-electron chi connectivity index (χ2n) is 6.12. The maximum absolute atomic E-state index is 12.6. The van der Waals surface area contributed by atoms with Crippen LogP contribution in [-0.4, -0.2) is 41.3 Å². The highest BCUT2D eigenvalue weighted by Gasteiger charge is 2.43. The molecule has 112 valence electrons. The lowest BCUT2D eigenvalue weighted by molar-refractivity contribution is -0.128. The normalized spacial score (nSPS) is 25.8. The van der Waals surface area contributed by atoms with E-state index in [-0.39, 0.29) is 17.2 Å². The smallest absolute Gasteiger partial charge is 0.255 e. The molecule has 2 fully saturated rings. The number of hydrogen-bond donors (Lipinski definition) is 1. The number of amides is 2. The number of carbonyl (C=O) groups excluding carboxylic acids is 2. The van der Waals surface area contributed by atoms with Gasteiger partial charge in [-0.15, -0.1) is 0 Å². The van der Waals surface area contributed by atoms with Gasteiger partial charge in [-0.25, -0.2) is 0 Å². The quantitative estimate of drug-likeness (QED) is 0.852. The maximum Gasteiger partial charge on any atom is 0.255 e. The predicted octanol–water partition coefficient (Wildman–Crippen LogP) is 1.52. The zero-order valence-electron chi connectivity index (χ0n) is 12.4. The van der Waals surface area contributed by atoms with Gasteiger partial charge in [0.25, 0.3) is 5.91 Å². The van der Waals surface area contributed by atoms with Gasteiger partial charge in [0.2, 0.25) is 5.91 Å². The molecule has 3 rings (SSSR count). The van der Waals surface area contributed by atoms with E-state index in [1.807, 2.05) is 17.9 Å². The number of pyridine rings is 1. The van der Waals surface area contributed by atoms with Crippen LogP contribution >= 0.6 is 0 Å². The Morgan fingerprint density at radius 1 is 1.33 bits per heavy atom. The summed E-state index contributed by atoms with van der Waals surface area (Å²) in [5.41, 5.74) is 1.39. The van der Waals surface area contributed by atoms with Crippen molar-refractivity contribution < 1.29 is 9.59 Å². The molecule has 2 aliphatic heterocycles. The van der Waals surface area contributed by atoms with Crippen LogP contribution in [0.1, 0.15) is 41.6 Å². The van der Waals surface area contributed by atoms with Crippen molar-refractivity contribution in [3.8, 4) is 0 Å². The Hall–Kier alpha value is -1.91. The zero-order valence-corrected chi connectivity index (χ0v) is 12.4. The summed E-state index contributed by atoms with van der Waals surface area (Å²) in [5.74, 6) is 0.213. The topological polar surface area (TPSA) is 62.3 Å². The molecule has 0 saturated carbocycles. The average molecular weight is 287 g/mol. The minimum absolute atomic E-state index is 0.0380. The molecule has 1 N–H and O–H groups in total. The third kappa shape index (κ3) is 2.52. The molecule has 0 bridgehead atoms. The highest BCUT2D eigenvalue weighted by atomic mass is 16.2. The van der Waals surface area contributed by atoms with Crippen molar-refractivity contribution in [3.05, 3.63) is 29.6 Å². The number of aromatic nitrogens is 1. The van der Waals surface area contributed by atoms with Gasteiger partial charge in [0.1, 0.15) is 0 Å². The van der Waals surface area contributed by atoms with Gasteiger partial charge < -0.3 is 10.2 Å². The van der Waals surface area contributed by atoms with Crippen molar-refractivity contribution >= 4 is 11.8 Å². The first-order valence-electron chi connectivity index (χ1n) is 7.61. The van der Waals surface area contributed by atoms with Crippen molar-refractivity contribution in [2.45, 2.75) is 32.6 Å². The molecule has 1 atom stereocenters. The molecule has 0 unspecified atom stereocenters. The van der Waals surface area contributed by atoms with Crippen LogP contribution in [0.25, 0.3) is 0 Å². The minimum atomic E-state index is -0.237. The van der Waals surface area contributed by atoms with Crippen LogP contribution in [0.2, 0.25) is 0 Å². The molecule has 1 aromatic rings. The Bertz CT molecular complexity index is 572. The van der Waals surface area contributed by atoms with Gasteiger partial charge in [0.15, 0.2) is 0 Å². The fourth-order valence-electron chi connectivity index (χ4n) is 3.45. The first kappa shape index (κ1) is 14.0. The largest absolute Gasteiger partial charge is 0.356 e. The number of hydrogen-bond acceptors (Lipinski definition) is 3. The Labute approximate surface area is 124 Å². The number of nitrogens with zero attached hydrogens (tertiary/aromatic N) is 2. The molecular formula is C16H21N3O2. The molecular weight excluding hydrogens is 266 g/mol. The van der Waals surface area contributed by atoms with E-state index < -0.39 is 0 Å². The van der Waals surface area contributed by atoms with Crippen molar-refractivity contribution in [2.75, 3.05) is 19.6 Å². The molecule has 0 radical (unpaired) electrons. The van der Waals surface area contributed by atoms with Gasteiger partial charge in [0, 0.05) is 32.0 Å². The van der Waals surface area contributed by atoms with Crippen molar-refractivity contribution in [1.29, 1.82) is 0 Å². The van der Waals surface area contributed by atoms with Gasteiger partial charge in [0.05, 0.1) is 11.0 Å². The second kappa shape index (κ2) is 5.47. The van der Waals surface area contributed by atoms with Gasteiger partial charge in [-0.2, -0.15) is 0 Å². The molecule has 0 aromatic carbocycles. The average Bonchev–Trinajstić information content (AvgIpc) is 2.71. The highest BCUT2D eigenvalue weighted by molar-refractivity contribution is 5.95. The van der Waals surface area contributed by atoms with E-state index in [0.29, 0.717) is 12.1 Å². The van der Waals surface area contributed by atoms with Gasteiger partial charge in [-0.3, -0.25) is 14.6 Å². The summed E-state index contributed by atoms with van der Waals surface area (Å²) < 4.78 is 0. The van der Waals surface area contributed by atoms with Gasteiger partial charge >= 0.3 is 0 Å². The lowest BCUT2D eigenvalue weighted by Crippen LogP contribution is -2.35. The van der Waals surface area contributed by atoms with Gasteiger partial charge in [-0.05, 0) is 44.2 Å². The summed E-state index contributed by atoms with van der Waals surface area (Å²) in [6.07, 6.45) is 6.78. The molecule has 0 aliphatic carbocycles. The fraction of sp³-hybridized carbons (Fsp3) is 0.562. The molecule has 5 nitrogen and oxygen atoms in total. The summed E-state index contributed by atoms with van der Waals surface area (Å²) in [5, 5.41) is 2.94. The Morgan fingerprint density at radius 2 is 2.19 bits per heavy atom. The first-order valence-corrected chi connectivity index (χ1v) is 7.61. The minimum Gasteiger partial charge on any atom is -0.356 e. The maximum atomic E-state index is 12.6. The van der Waals surface area contributed by atoms with Crippen LogP contribution in [0, 0.1) is 12.3 Å². The van der Waals surface area contributed by atoms with Crippen LogP contribution in [0.5, 0.6) is 0 Å². The molecule has 2 amide bonds. The van der Waals surface area contributed by atoms with Crippen LogP contribution in [0.4, 0.5) is 0 Å². The SMILES string of the molecule is Cc1ccncc1C(=O)N1CCC[C@@]2(CCNC2=O)CC1. The van der Waals surface area contributed by atoms with E-state index in [1.54, 1.807) is 12.4 Å². The van der Waals surface area contributed by atoms with Crippen LogP contribution in [0.15, 0.2) is 18.5 Å². The zero-order chi connectivity index (χ0) is 14.9. The molecule has 1 aromatic heterocycles. The first-order chi connectivity index (χ1) is 10.1. The number of carbonyl (C=O) groups is 2. The number of rotatable bonds is 1. The number of aryl methyl sites for hydroxylation is 1. The lowest BCUT2D eigenvalue weighted by atomic mass is 9.79. The Balaban J connectivity index is 1.75. The number of likely N-dealkylation sites (tertiary alicyclic amines) is 1. The third-order valence-corrected chi connectivity index (χ3v) is 4.87. The van der Waals surface area contributed by atoms with Crippen molar-refractivity contribution in [1.82, 2.24) is 15.2 Å². The van der Waals surface area contributed by atoms with Crippen LogP contribution in [-0.2, 0) is 4.79 Å². The van der Waals surface area contributed by atoms with E-state index in [2.05, 4.69) is 10.3 Å². The summed E-state index contributed by atoms with van der Waals surface area (Å²) in [6, 6.07) is 1.86. The molecule has 2 aliphatic rings. The molecule has 5 heteroatoms. The van der Waals surface area contributed by atoms with Gasteiger partial charge in [-0.1, -0.05) is 0 Å². The predicted molar refractivity (Wildman–Crippen MR) is 78.8 cm³/mol. The standard InChI is InChI=1S/C16H21N3O2/c1-12-3-7-17-11-13(12)14(20)19-9-2-4-16(6-10-19)5-8-18-15(16)21/h3,7,11H,2,4-6,8-10H2,1H3,(H,18,21)/t16-/m1/s1. The fourth-order valence-corrected chi connectivity index (χ4v) is 3.45. The van der Waals surface area contributed by atoms with Crippen molar-refractivity contribution in [3.63, 3.8) is 0 Å². The summed E-state index contributed by atoms with van der Waals surface area (Å²) in [4.78, 5) is 30.7. The Morgan fingerprint density at radius 3 is 2.90 bits per heavy atom. The molecule has 1 spiro atoms. The Kier molecular flexibility index (Phi) is 3.66. The molecule has 3 heterocycles. The van der Waals surface area contributed by atoms with E-state index in [1.165, 1.54) is 0 Å². The highest BCUT2D eigenvalue weighted by Crippen LogP contribution is 2.38. The van der Waals surface area contributed by atoms with E-state index in [4.69, 9.17) is 0 Å². The summed E-state index contributed by atoms with van der Waals surface area (Å²) in [6.45, 7) is 4.08. The van der Waals surface area contributed by atoms with E-state index in [9.17, 15) is 9.59 Å². The monoisotopic (exact) mass is 287 g/mol. The number of nitrogens with one attached hydrogen (secondary N) is 1. The molecule has 21 heavy (non-hydrogen) atoms. The van der Waals surface area contributed by atoms with Crippen LogP contribution in [0.3, 0.4) is 0 Å². The summed E-state index contributed by atoms with van der Waals surface area (Å²) >= 11 is 0. The molecule has 2 saturated heterocycles.